The van der Waals surface area contributed by atoms with Gasteiger partial charge in [-0.1, -0.05) is 190 Å². The third kappa shape index (κ3) is 32.8. The number of ether oxygens (including phenoxy) is 2. The second-order valence-corrected chi connectivity index (χ2v) is 43.8. The summed E-state index contributed by atoms with van der Waals surface area (Å²) in [4.78, 5) is 127. The van der Waals surface area contributed by atoms with Gasteiger partial charge in [0.25, 0.3) is 0 Å². The summed E-state index contributed by atoms with van der Waals surface area (Å²) in [6.07, 6.45) is 11.6. The van der Waals surface area contributed by atoms with E-state index in [9.17, 15) is 43.2 Å². The molecule has 8 heterocycles. The molecular formula is C108H181N9O11S. The zero-order valence-corrected chi connectivity index (χ0v) is 87.5. The van der Waals surface area contributed by atoms with Crippen LogP contribution < -0.4 is 15.4 Å². The Morgan fingerprint density at radius 3 is 1.21 bits per heavy atom. The van der Waals surface area contributed by atoms with Crippen LogP contribution in [-0.4, -0.2) is 259 Å². The Balaban J connectivity index is 0.000000262. The highest BCUT2D eigenvalue weighted by atomic mass is 32.2. The van der Waals surface area contributed by atoms with Crippen LogP contribution in [0.1, 0.15) is 303 Å². The molecule has 6 unspecified atom stereocenters. The van der Waals surface area contributed by atoms with Gasteiger partial charge in [0.2, 0.25) is 0 Å². The molecule has 3 aromatic rings. The second kappa shape index (κ2) is 54.1. The lowest BCUT2D eigenvalue weighted by atomic mass is 9.84. The van der Waals surface area contributed by atoms with Crippen LogP contribution in [0.15, 0.2) is 84.9 Å². The van der Waals surface area contributed by atoms with Gasteiger partial charge in [0, 0.05) is 178 Å². The normalized spacial score (nSPS) is 25.7. The Hall–Kier alpha value is -5.72. The van der Waals surface area contributed by atoms with E-state index in [1.807, 2.05) is 172 Å². The topological polar surface area (TPSA) is 224 Å². The number of hydrogen-bond acceptors (Lipinski definition) is 21. The summed E-state index contributed by atoms with van der Waals surface area (Å²) in [6.45, 7) is 70.1. The maximum atomic E-state index is 12.4. The molecule has 8 aliphatic heterocycles. The van der Waals surface area contributed by atoms with Crippen LogP contribution in [0.5, 0.6) is 5.75 Å². The van der Waals surface area contributed by atoms with Crippen LogP contribution in [-0.2, 0) is 54.3 Å². The highest BCUT2D eigenvalue weighted by molar-refractivity contribution is 7.99. The molecule has 20 nitrogen and oxygen atoms in total. The van der Waals surface area contributed by atoms with Gasteiger partial charge in [-0.25, -0.2) is 0 Å². The number of carbonyl (C=O) groups is 9. The number of carbonyl (C=O) groups excluding carboxylic acids is 9. The van der Waals surface area contributed by atoms with E-state index in [4.69, 9.17) is 15.2 Å². The van der Waals surface area contributed by atoms with Gasteiger partial charge in [-0.15, -0.1) is 11.8 Å². The molecule has 1 saturated carbocycles. The lowest BCUT2D eigenvalue weighted by Gasteiger charge is -2.36. The zero-order valence-electron chi connectivity index (χ0n) is 86.7. The largest absolute Gasteiger partial charge is 0.489 e. The standard InChI is InChI=1S/C17H25NO2.C17H25NO.C15H27NO.C15H21NO.C12H23NO2.C11H22N2O.C11H19NO2.C10H19NOS/c1-12(2)17(19)16-10-15(11-18(16)13(3)4)20-14-8-6-5-7-9-14;1-12(2)17(19)16-10-15(11-18(16)13(3)4)14-8-6-5-7-9-14;2*1-10(2)15(17)14-9-12-7-5-6-8-13(12)16(14)11(3)4;1-8(2)12(14)11-6-10(15-5)7-13(11)9(3)4;1-7(2)11(14)10-5-9(12)6-13(10)8(3)4;1-7(2)11(14)10-5-9(13)6-12(10)8(3)4;1-7(2)10(12)9-5-13-6-11(9)8(3)4/h5-9,12-13,15-16H,10-11H2,1-4H3;5-9,12-13,15-16H,10-11H2,1-4H3;10-14H,5-9H2,1-4H3;5-8,10-11,14H,9H2,1-4H3;8-11H,6-7H2,1-5H3;7-10H,5-6,12H2,1-4H3;7-8,10H,5-6H2,1-4H3;7-9H,5-6H2,1-4H3/t2*15?,16-;12?,13?,14-;14-;10?,11-;9?,10-;10-;9-/m00000000/s1. The van der Waals surface area contributed by atoms with Crippen molar-refractivity contribution in [2.24, 2.45) is 59.0 Å². The first kappa shape index (κ1) is 114. The molecular weight excluding hydrogens is 1630 g/mol. The molecule has 8 fully saturated rings. The minimum Gasteiger partial charge on any atom is -0.489 e. The summed E-state index contributed by atoms with van der Waals surface area (Å²) in [7, 11) is 1.73. The molecule has 2 N–H and O–H groups in total. The third-order valence-corrected chi connectivity index (χ3v) is 28.6. The number of para-hydroxylation sites is 2. The first-order chi connectivity index (χ1) is 60.4. The van der Waals surface area contributed by atoms with Gasteiger partial charge in [-0.05, 0) is 190 Å². The molecule has 0 aromatic heterocycles. The molecule has 9 aliphatic rings. The second-order valence-electron chi connectivity index (χ2n) is 42.8. The molecule has 1 aliphatic carbocycles. The van der Waals surface area contributed by atoms with Gasteiger partial charge in [0.1, 0.15) is 17.6 Å². The highest BCUT2D eigenvalue weighted by Gasteiger charge is 2.48. The Labute approximate surface area is 788 Å². The molecule has 730 valence electrons. The number of anilines is 1. The number of methoxy groups -OCH3 is 1. The van der Waals surface area contributed by atoms with Crippen molar-refractivity contribution in [1.82, 2.24) is 34.3 Å². The van der Waals surface area contributed by atoms with Gasteiger partial charge in [0.15, 0.2) is 46.3 Å². The summed E-state index contributed by atoms with van der Waals surface area (Å²) in [5.41, 5.74) is 9.81. The van der Waals surface area contributed by atoms with E-state index < -0.39 is 0 Å². The van der Waals surface area contributed by atoms with Crippen molar-refractivity contribution in [3.8, 4) is 5.75 Å². The average molecular weight is 1810 g/mol. The Morgan fingerprint density at radius 1 is 0.364 bits per heavy atom. The zero-order chi connectivity index (χ0) is 97.2. The number of Topliss-reactive ketones (excluding diaryl/α,β-unsaturated/α-hetero) is 9. The van der Waals surface area contributed by atoms with Gasteiger partial charge in [0.05, 0.1) is 61.0 Å². The number of fused-ring (bicyclic) bond motifs is 2. The maximum absolute atomic E-state index is 12.4. The SMILES string of the molecule is CC(C)C(=O)[C@@H]1CC(=O)CN1C(C)C.CC(C)C(=O)[C@@H]1CC(N)CN1C(C)C.CC(C)C(=O)[C@@H]1CC(Oc2ccccc2)CN1C(C)C.CC(C)C(=O)[C@@H]1CC(c2ccccc2)CN1C(C)C.CC(C)C(=O)[C@@H]1CC2CCCCC2N1C(C)C.CC(C)C(=O)[C@@H]1CSCN1C(C)C.CC(C)C(=O)[C@@H]1Cc2ccccc2N1C(C)C.COC1C[C@@H](C(=O)C(C)C)N(C(C)C)C1. The molecule has 14 atom stereocenters. The number of hydrogen-bond donors (Lipinski definition) is 1. The molecule has 0 radical (unpaired) electrons. The molecule has 0 amide bonds. The van der Waals surface area contributed by atoms with E-state index in [0.717, 1.165) is 88.0 Å². The molecule has 0 bridgehead atoms. The first-order valence-electron chi connectivity index (χ1n) is 50.0. The van der Waals surface area contributed by atoms with Crippen molar-refractivity contribution in [2.75, 3.05) is 56.4 Å². The molecule has 12 rings (SSSR count). The number of ketones is 9. The Morgan fingerprint density at radius 2 is 0.752 bits per heavy atom. The van der Waals surface area contributed by atoms with Gasteiger partial charge in [-0.2, -0.15) is 0 Å². The van der Waals surface area contributed by atoms with Gasteiger partial charge in [-0.3, -0.25) is 77.5 Å². The van der Waals surface area contributed by atoms with Crippen LogP contribution >= 0.6 is 11.8 Å². The number of rotatable bonds is 28. The quantitative estimate of drug-likeness (QED) is 0.0713. The number of likely N-dealkylation sites (tertiary alicyclic amines) is 6. The van der Waals surface area contributed by atoms with Crippen molar-refractivity contribution < 1.29 is 52.6 Å². The molecule has 129 heavy (non-hydrogen) atoms. The molecule has 7 saturated heterocycles. The highest BCUT2D eigenvalue weighted by Crippen LogP contribution is 2.43. The minimum absolute atomic E-state index is 0.00344. The predicted octanol–water partition coefficient (Wildman–Crippen LogP) is 18.9. The van der Waals surface area contributed by atoms with Crippen molar-refractivity contribution in [3.05, 3.63) is 96.1 Å². The fourth-order valence-electron chi connectivity index (χ4n) is 20.3. The summed E-state index contributed by atoms with van der Waals surface area (Å²) in [6, 6.07) is 33.5. The Bertz CT molecular complexity index is 3920. The maximum Gasteiger partial charge on any atom is 0.158 e. The lowest BCUT2D eigenvalue weighted by Crippen LogP contribution is -2.47. The van der Waals surface area contributed by atoms with E-state index in [1.54, 1.807) is 7.11 Å². The van der Waals surface area contributed by atoms with Crippen LogP contribution in [0, 0.1) is 53.3 Å². The van der Waals surface area contributed by atoms with Crippen molar-refractivity contribution in [2.45, 2.75) is 419 Å². The molecule has 21 heteroatoms. The van der Waals surface area contributed by atoms with Gasteiger partial charge < -0.3 is 20.1 Å². The monoisotopic (exact) mass is 1810 g/mol. The number of benzene rings is 3. The minimum atomic E-state index is -0.164. The van der Waals surface area contributed by atoms with E-state index in [2.05, 4.69) is 186 Å². The number of nitrogens with two attached hydrogens (primary N) is 1. The van der Waals surface area contributed by atoms with Crippen LogP contribution in [0.2, 0.25) is 0 Å². The van der Waals surface area contributed by atoms with Crippen molar-refractivity contribution in [1.29, 1.82) is 0 Å². The first-order valence-corrected chi connectivity index (χ1v) is 51.2. The van der Waals surface area contributed by atoms with E-state index in [-0.39, 0.29) is 132 Å². The third-order valence-electron chi connectivity index (χ3n) is 27.5. The average Bonchev–Trinajstić information content (AvgIpc) is 1.63. The molecule has 3 aromatic carbocycles. The van der Waals surface area contributed by atoms with Crippen molar-refractivity contribution >= 4 is 69.5 Å². The van der Waals surface area contributed by atoms with Crippen LogP contribution in [0.3, 0.4) is 0 Å². The fourth-order valence-corrected chi connectivity index (χ4v) is 21.7. The predicted molar refractivity (Wildman–Crippen MR) is 535 cm³/mol. The lowest BCUT2D eigenvalue weighted by molar-refractivity contribution is -0.128. The Kier molecular flexibility index (Phi) is 47.7. The van der Waals surface area contributed by atoms with E-state index in [0.29, 0.717) is 108 Å². The van der Waals surface area contributed by atoms with Crippen LogP contribution in [0.4, 0.5) is 5.69 Å². The van der Waals surface area contributed by atoms with E-state index >= 15 is 0 Å². The number of thioether (sulfide) groups is 1. The summed E-state index contributed by atoms with van der Waals surface area (Å²) < 4.78 is 11.4. The summed E-state index contributed by atoms with van der Waals surface area (Å²) in [5, 5.41) is 0. The van der Waals surface area contributed by atoms with Crippen LogP contribution in [0.25, 0.3) is 0 Å². The summed E-state index contributed by atoms with van der Waals surface area (Å²) in [5.74, 6) is 8.12. The van der Waals surface area contributed by atoms with Gasteiger partial charge >= 0.3 is 0 Å². The summed E-state index contributed by atoms with van der Waals surface area (Å²) >= 11 is 1.87. The van der Waals surface area contributed by atoms with Crippen molar-refractivity contribution in [3.63, 3.8) is 0 Å². The van der Waals surface area contributed by atoms with E-state index in [1.165, 1.54) is 42.5 Å². The fraction of sp³-hybridized carbons (Fsp3) is 0.750. The number of nitrogens with zero attached hydrogens (tertiary/aromatic N) is 8. The smallest absolute Gasteiger partial charge is 0.158 e. The molecule has 0 spiro atoms.